The molecule has 5 saturated heterocycles. The predicted octanol–water partition coefficient (Wildman–Crippen LogP) is -7.23. The van der Waals surface area contributed by atoms with Crippen LogP contribution in [-0.4, -0.2) is 234 Å². The number of carbonyl (C=O) groups is 2. The minimum absolute atomic E-state index is 0. The number of hydrogen-bond acceptors (Lipinski definition) is 28. The minimum atomic E-state index is -5.47. The van der Waals surface area contributed by atoms with Crippen LogP contribution in [0.5, 0.6) is 0 Å². The molecule has 1 spiro atoms. The van der Waals surface area contributed by atoms with Gasteiger partial charge in [0.25, 0.3) is 0 Å². The second-order valence-electron chi connectivity index (χ2n) is 25.8. The summed E-state index contributed by atoms with van der Waals surface area (Å²) in [6, 6.07) is 0. The van der Waals surface area contributed by atoms with E-state index >= 15 is 0 Å². The summed E-state index contributed by atoms with van der Waals surface area (Å²) in [5, 5.41) is 89.4. The Bertz CT molecular complexity index is 2710. The summed E-state index contributed by atoms with van der Waals surface area (Å²) < 4.78 is 138. The zero-order valence-electron chi connectivity index (χ0n) is 50.1. The van der Waals surface area contributed by atoms with Gasteiger partial charge in [-0.05, 0) is 94.8 Å². The summed E-state index contributed by atoms with van der Waals surface area (Å²) >= 11 is 0. The van der Waals surface area contributed by atoms with E-state index in [1.807, 2.05) is 27.7 Å². The number of rotatable bonds is 19. The quantitative estimate of drug-likeness (QED) is 0.0196. The summed E-state index contributed by atoms with van der Waals surface area (Å²) in [5.41, 5.74) is -1.66. The normalized spacial score (nSPS) is 47.4. The van der Waals surface area contributed by atoms with Gasteiger partial charge in [-0.15, -0.1) is 6.58 Å². The van der Waals surface area contributed by atoms with Gasteiger partial charge in [0.2, 0.25) is 20.8 Å². The maximum Gasteiger partial charge on any atom is 1.00 e. The number of carbonyl (C=O) groups excluding carboxylic acids is 2. The van der Waals surface area contributed by atoms with Gasteiger partial charge in [0.15, 0.2) is 25.2 Å². The van der Waals surface area contributed by atoms with Crippen molar-refractivity contribution in [2.24, 2.45) is 39.4 Å². The average molecular weight is 1290 g/mol. The Morgan fingerprint density at radius 3 is 1.97 bits per heavy atom. The molecule has 3 saturated carbocycles. The third kappa shape index (κ3) is 13.4. The largest absolute Gasteiger partial charge is 1.00 e. The van der Waals surface area contributed by atoms with Gasteiger partial charge in [-0.3, -0.25) is 18.0 Å². The number of cyclic esters (lactones) is 1. The van der Waals surface area contributed by atoms with E-state index in [0.29, 0.717) is 38.5 Å². The molecule has 8 fully saturated rings. The third-order valence-corrected chi connectivity index (χ3v) is 21.2. The summed E-state index contributed by atoms with van der Waals surface area (Å²) in [5.74, 6) is -0.941. The monoisotopic (exact) mass is 1290 g/mol. The fourth-order valence-corrected chi connectivity index (χ4v) is 17.0. The molecule has 0 aromatic carbocycles. The van der Waals surface area contributed by atoms with E-state index in [4.69, 9.17) is 47.4 Å². The molecule has 9 aliphatic rings. The first-order valence-corrected chi connectivity index (χ1v) is 31.2. The molecule has 5 aliphatic heterocycles. The molecule has 8 N–H and O–H groups in total. The van der Waals surface area contributed by atoms with Gasteiger partial charge in [0.1, 0.15) is 96.8 Å². The van der Waals surface area contributed by atoms with Crippen LogP contribution in [0.1, 0.15) is 106 Å². The van der Waals surface area contributed by atoms with Gasteiger partial charge >= 0.3 is 65.1 Å². The fraction of sp³-hybridized carbons (Fsp3) is 0.889. The summed E-state index contributed by atoms with van der Waals surface area (Å²) in [6.07, 6.45) is -28.5. The molecular formula is C54H82Na2O28S2. The van der Waals surface area contributed by atoms with E-state index in [1.165, 1.54) is 6.92 Å². The molecule has 5 heterocycles. The summed E-state index contributed by atoms with van der Waals surface area (Å²) in [7, 11) is -9.78. The first kappa shape index (κ1) is 73.1. The Balaban J connectivity index is 0.00000529. The Kier molecular flexibility index (Phi) is 23.1. The van der Waals surface area contributed by atoms with Crippen LogP contribution in [0.25, 0.3) is 0 Å². The SMILES string of the molecule is C=C(C)CCC[C@]1(C)OC(=O)[C@]23CC[C@@H]4C(=CC[C@H]5C(C)(C)[C@@H](O[C@@H]6OC[C@@H](OS(=O)(=O)[O-])[C@H](O)[C@H]6O[C@@H]6O[C@H](C)[C@@H](O[C@@H]7O[C@H](COS(=O)(=O)[O-])[C@@H](O)[C@H](O[C@@H]8O[C@H](CO)[C@@H](O)[C@H](OC)[C@H]8O)[C@H]7O)[C@H](O)[C@H]6O)CC[C@]45C)[C@]2(C)CC(=O)[C@@H]31.[Na+].[Na+]. The van der Waals surface area contributed by atoms with Gasteiger partial charge in [0, 0.05) is 18.9 Å². The van der Waals surface area contributed by atoms with Crippen molar-refractivity contribution in [3.05, 3.63) is 23.8 Å². The predicted molar refractivity (Wildman–Crippen MR) is 278 cm³/mol. The number of aliphatic hydroxyl groups is 8. The molecule has 4 aliphatic carbocycles. The van der Waals surface area contributed by atoms with Crippen LogP contribution in [-0.2, 0) is 86.1 Å². The van der Waals surface area contributed by atoms with Crippen molar-refractivity contribution < 1.29 is 191 Å². The number of esters is 1. The molecule has 0 radical (unpaired) electrons. The van der Waals surface area contributed by atoms with Crippen molar-refractivity contribution in [3.63, 3.8) is 0 Å². The zero-order chi connectivity index (χ0) is 61.8. The number of Topliss-reactive ketones (excluding diaryl/α,β-unsaturated/α-hetero) is 1. The van der Waals surface area contributed by atoms with Gasteiger partial charge in [-0.1, -0.05) is 44.9 Å². The molecule has 480 valence electrons. The molecule has 32 heteroatoms. The summed E-state index contributed by atoms with van der Waals surface area (Å²) in [4.78, 5) is 28.7. The molecule has 9 rings (SSSR count). The number of methoxy groups -OCH3 is 1. The number of fused-ring (bicyclic) bond motifs is 4. The van der Waals surface area contributed by atoms with Crippen LogP contribution in [0.15, 0.2) is 23.8 Å². The van der Waals surface area contributed by atoms with E-state index in [-0.39, 0.29) is 94.5 Å². The van der Waals surface area contributed by atoms with Crippen molar-refractivity contribution in [2.45, 2.75) is 235 Å². The first-order chi connectivity index (χ1) is 39.1. The molecule has 86 heavy (non-hydrogen) atoms. The van der Waals surface area contributed by atoms with Gasteiger partial charge in [-0.25, -0.2) is 16.8 Å². The third-order valence-electron chi connectivity index (χ3n) is 20.3. The molecule has 0 unspecified atom stereocenters. The fourth-order valence-electron chi connectivity index (χ4n) is 16.2. The molecule has 0 aromatic heterocycles. The molecular weight excluding hydrogens is 1210 g/mol. The van der Waals surface area contributed by atoms with Crippen molar-refractivity contribution >= 4 is 32.6 Å². The number of ether oxygens (including phenoxy) is 10. The van der Waals surface area contributed by atoms with Gasteiger partial charge < -0.3 is 97.3 Å². The molecule has 0 bridgehead atoms. The van der Waals surface area contributed by atoms with Crippen LogP contribution in [0.3, 0.4) is 0 Å². The Hall–Kier alpha value is -0.320. The second kappa shape index (κ2) is 27.2. The molecule has 0 amide bonds. The van der Waals surface area contributed by atoms with E-state index in [0.717, 1.165) is 31.1 Å². The Labute approximate surface area is 544 Å². The number of allylic oxidation sites excluding steroid dienone is 3. The van der Waals surface area contributed by atoms with Crippen LogP contribution in [0, 0.1) is 39.4 Å². The van der Waals surface area contributed by atoms with Crippen molar-refractivity contribution in [1.29, 1.82) is 0 Å². The first-order valence-electron chi connectivity index (χ1n) is 28.5. The van der Waals surface area contributed by atoms with Crippen LogP contribution < -0.4 is 59.1 Å². The van der Waals surface area contributed by atoms with Crippen molar-refractivity contribution in [1.82, 2.24) is 0 Å². The molecule has 27 atom stereocenters. The van der Waals surface area contributed by atoms with Crippen molar-refractivity contribution in [2.75, 3.05) is 26.9 Å². The zero-order valence-corrected chi connectivity index (χ0v) is 55.7. The minimum Gasteiger partial charge on any atom is -0.726 e. The maximum absolute atomic E-state index is 14.4. The van der Waals surface area contributed by atoms with E-state index in [1.54, 1.807) is 0 Å². The number of hydrogen-bond donors (Lipinski definition) is 8. The van der Waals surface area contributed by atoms with Gasteiger partial charge in [-0.2, -0.15) is 0 Å². The summed E-state index contributed by atoms with van der Waals surface area (Å²) in [6.45, 7) is 14.8. The number of ketones is 1. The van der Waals surface area contributed by atoms with E-state index in [2.05, 4.69) is 34.9 Å². The smallest absolute Gasteiger partial charge is 0.726 e. The molecule has 28 nitrogen and oxygen atoms in total. The standard InChI is InChI=1S/C54H84O28S2.2Na/c1-23(2)11-10-16-53(8)44-27(56)19-52(7)26-12-13-31-50(4,5)32(15-17-51(31,6)25(26)14-18-54(44,52)49(64)81-53)77-48-43(35(59)30(21-72-48)82-84(68,69)70)80-45-37(61)36(60)40(24(3)74-45)78-47-39(63)42(34(58)29(76-47)22-73-83(65,66)67)79-46-38(62)41(71-9)33(57)28(20-55)75-46;;/h12,24-25,28-48,55,57-63H,1,10-11,13-22H2,2-9H3,(H,65,66,67)(H,68,69,70);;/q;2*+1/p-2/t24-,25-,28-,29-,30-,31+,32+,33-,34-,35+,36-,37-,38-,39-,40-,41+,42+,43-,44-,45+,46+,47+,48+,51-,52+,53+,54-;;/m1../s1. The van der Waals surface area contributed by atoms with Crippen LogP contribution in [0.2, 0.25) is 0 Å². The van der Waals surface area contributed by atoms with E-state index < -0.39 is 191 Å². The van der Waals surface area contributed by atoms with Crippen molar-refractivity contribution in [3.8, 4) is 0 Å². The number of aliphatic hydroxyl groups excluding tert-OH is 8. The Morgan fingerprint density at radius 1 is 0.744 bits per heavy atom. The average Bonchev–Trinajstić information content (AvgIpc) is 1.47. The van der Waals surface area contributed by atoms with Crippen LogP contribution >= 0.6 is 0 Å². The topological polar surface area (TPSA) is 421 Å². The maximum atomic E-state index is 14.4. The Morgan fingerprint density at radius 2 is 1.35 bits per heavy atom. The second-order valence-corrected chi connectivity index (χ2v) is 27.8. The van der Waals surface area contributed by atoms with E-state index in [9.17, 15) is 76.4 Å². The van der Waals surface area contributed by atoms with Gasteiger partial charge in [0.05, 0.1) is 43.4 Å². The molecule has 0 aromatic rings. The van der Waals surface area contributed by atoms with Crippen LogP contribution in [0.4, 0.5) is 0 Å².